The fourth-order valence-corrected chi connectivity index (χ4v) is 2.11. The van der Waals surface area contributed by atoms with Crippen LogP contribution >= 0.6 is 0 Å². The number of anilines is 1. The molecule has 2 amide bonds. The molecule has 0 radical (unpaired) electrons. The Labute approximate surface area is 109 Å². The third kappa shape index (κ3) is 2.40. The molecule has 0 aromatic heterocycles. The van der Waals surface area contributed by atoms with Crippen molar-refractivity contribution in [3.63, 3.8) is 0 Å². The summed E-state index contributed by atoms with van der Waals surface area (Å²) in [5.41, 5.74) is 6.07. The molecule has 1 heterocycles. The molecular weight excluding hydrogens is 250 g/mol. The highest BCUT2D eigenvalue weighted by atomic mass is 16.6. The molecule has 0 spiro atoms. The summed E-state index contributed by atoms with van der Waals surface area (Å²) >= 11 is 0. The van der Waals surface area contributed by atoms with E-state index in [0.29, 0.717) is 11.3 Å². The lowest BCUT2D eigenvalue weighted by molar-refractivity contribution is -0.385. The summed E-state index contributed by atoms with van der Waals surface area (Å²) in [7, 11) is 0. The van der Waals surface area contributed by atoms with Gasteiger partial charge in [-0.1, -0.05) is 6.07 Å². The Bertz CT molecular complexity index is 570. The van der Waals surface area contributed by atoms with Crippen molar-refractivity contribution < 1.29 is 14.5 Å². The average Bonchev–Trinajstić information content (AvgIpc) is 2.72. The Morgan fingerprint density at radius 2 is 2.21 bits per heavy atom. The van der Waals surface area contributed by atoms with Gasteiger partial charge in [0, 0.05) is 24.6 Å². The van der Waals surface area contributed by atoms with Crippen molar-refractivity contribution in [1.82, 2.24) is 0 Å². The Morgan fingerprint density at radius 3 is 2.74 bits per heavy atom. The SMILES string of the molecule is Cc1ccc(N2CC(C(N)=O)CC2=O)cc1[N+](=O)[O-]. The number of carbonyl (C=O) groups excluding carboxylic acids is 2. The first-order chi connectivity index (χ1) is 8.90. The molecule has 1 saturated heterocycles. The Kier molecular flexibility index (Phi) is 3.20. The van der Waals surface area contributed by atoms with Gasteiger partial charge in [0.15, 0.2) is 0 Å². The second-order valence-corrected chi connectivity index (χ2v) is 4.54. The molecule has 0 bridgehead atoms. The van der Waals surface area contributed by atoms with Crippen molar-refractivity contribution >= 4 is 23.2 Å². The van der Waals surface area contributed by atoms with Gasteiger partial charge in [0.25, 0.3) is 5.69 Å². The topological polar surface area (TPSA) is 107 Å². The highest BCUT2D eigenvalue weighted by Crippen LogP contribution is 2.29. The third-order valence-corrected chi connectivity index (χ3v) is 3.23. The van der Waals surface area contributed by atoms with E-state index in [1.54, 1.807) is 19.1 Å². The van der Waals surface area contributed by atoms with Crippen LogP contribution in [0.1, 0.15) is 12.0 Å². The van der Waals surface area contributed by atoms with Crippen molar-refractivity contribution in [3.05, 3.63) is 33.9 Å². The molecule has 19 heavy (non-hydrogen) atoms. The van der Waals surface area contributed by atoms with Gasteiger partial charge >= 0.3 is 0 Å². The van der Waals surface area contributed by atoms with Crippen LogP contribution in [-0.4, -0.2) is 23.3 Å². The number of primary amides is 1. The van der Waals surface area contributed by atoms with Gasteiger partial charge in [0.05, 0.1) is 16.5 Å². The Morgan fingerprint density at radius 1 is 1.53 bits per heavy atom. The van der Waals surface area contributed by atoms with E-state index in [-0.39, 0.29) is 24.6 Å². The zero-order chi connectivity index (χ0) is 14.2. The molecule has 1 atom stereocenters. The smallest absolute Gasteiger partial charge is 0.274 e. The predicted octanol–water partition coefficient (Wildman–Crippen LogP) is 0.741. The minimum Gasteiger partial charge on any atom is -0.369 e. The number of aryl methyl sites for hydroxylation is 1. The number of nitro groups is 1. The van der Waals surface area contributed by atoms with Crippen molar-refractivity contribution in [3.8, 4) is 0 Å². The van der Waals surface area contributed by atoms with E-state index in [2.05, 4.69) is 0 Å². The van der Waals surface area contributed by atoms with Crippen LogP contribution < -0.4 is 10.6 Å². The van der Waals surface area contributed by atoms with Gasteiger partial charge in [-0.2, -0.15) is 0 Å². The van der Waals surface area contributed by atoms with E-state index in [1.807, 2.05) is 0 Å². The van der Waals surface area contributed by atoms with Crippen molar-refractivity contribution in [1.29, 1.82) is 0 Å². The van der Waals surface area contributed by atoms with Gasteiger partial charge in [0.1, 0.15) is 0 Å². The van der Waals surface area contributed by atoms with Gasteiger partial charge < -0.3 is 10.6 Å². The van der Waals surface area contributed by atoms with Crippen molar-refractivity contribution in [2.75, 3.05) is 11.4 Å². The fraction of sp³-hybridized carbons (Fsp3) is 0.333. The number of hydrogen-bond acceptors (Lipinski definition) is 4. The average molecular weight is 263 g/mol. The first-order valence-corrected chi connectivity index (χ1v) is 5.75. The molecule has 1 unspecified atom stereocenters. The highest BCUT2D eigenvalue weighted by molar-refractivity contribution is 6.00. The highest BCUT2D eigenvalue weighted by Gasteiger charge is 2.34. The summed E-state index contributed by atoms with van der Waals surface area (Å²) in [4.78, 5) is 34.6. The van der Waals surface area contributed by atoms with Crippen LogP contribution in [0.15, 0.2) is 18.2 Å². The van der Waals surface area contributed by atoms with E-state index >= 15 is 0 Å². The summed E-state index contributed by atoms with van der Waals surface area (Å²) in [6.45, 7) is 1.80. The quantitative estimate of drug-likeness (QED) is 0.641. The van der Waals surface area contributed by atoms with Crippen LogP contribution in [0, 0.1) is 23.0 Å². The standard InChI is InChI=1S/C12H13N3O4/c1-7-2-3-9(5-10(7)15(18)19)14-6-8(12(13)17)4-11(14)16/h2-3,5,8H,4,6H2,1H3,(H2,13,17). The number of carbonyl (C=O) groups is 2. The molecule has 2 rings (SSSR count). The lowest BCUT2D eigenvalue weighted by Crippen LogP contribution is -2.28. The number of nitrogens with zero attached hydrogens (tertiary/aromatic N) is 2. The summed E-state index contributed by atoms with van der Waals surface area (Å²) in [6, 6.07) is 4.55. The Hall–Kier alpha value is -2.44. The molecule has 7 nitrogen and oxygen atoms in total. The van der Waals surface area contributed by atoms with Crippen LogP contribution in [0.25, 0.3) is 0 Å². The molecule has 2 N–H and O–H groups in total. The molecule has 100 valence electrons. The maximum absolute atomic E-state index is 11.8. The number of nitro benzene ring substituents is 1. The Balaban J connectivity index is 2.33. The van der Waals surface area contributed by atoms with Crippen molar-refractivity contribution in [2.24, 2.45) is 11.7 Å². The van der Waals surface area contributed by atoms with Gasteiger partial charge in [-0.3, -0.25) is 19.7 Å². The lowest BCUT2D eigenvalue weighted by atomic mass is 10.1. The van der Waals surface area contributed by atoms with Crippen LogP contribution in [-0.2, 0) is 9.59 Å². The van der Waals surface area contributed by atoms with E-state index in [1.165, 1.54) is 11.0 Å². The van der Waals surface area contributed by atoms with Crippen LogP contribution in [0.2, 0.25) is 0 Å². The second kappa shape index (κ2) is 4.68. The molecule has 0 saturated carbocycles. The van der Waals surface area contributed by atoms with Crippen molar-refractivity contribution in [2.45, 2.75) is 13.3 Å². The maximum Gasteiger partial charge on any atom is 0.274 e. The van der Waals surface area contributed by atoms with E-state index < -0.39 is 16.7 Å². The molecule has 0 aliphatic carbocycles. The molecule has 1 aliphatic rings. The zero-order valence-electron chi connectivity index (χ0n) is 10.3. The monoisotopic (exact) mass is 263 g/mol. The van der Waals surface area contributed by atoms with E-state index in [0.717, 1.165) is 0 Å². The number of nitrogens with two attached hydrogens (primary N) is 1. The van der Waals surface area contributed by atoms with Crippen LogP contribution in [0.4, 0.5) is 11.4 Å². The van der Waals surface area contributed by atoms with Crippen LogP contribution in [0.3, 0.4) is 0 Å². The molecule has 1 aliphatic heterocycles. The predicted molar refractivity (Wildman–Crippen MR) is 67.5 cm³/mol. The summed E-state index contributed by atoms with van der Waals surface area (Å²) in [5, 5.41) is 10.9. The normalized spacial score (nSPS) is 18.7. The summed E-state index contributed by atoms with van der Waals surface area (Å²) in [5.74, 6) is -1.31. The first-order valence-electron chi connectivity index (χ1n) is 5.75. The van der Waals surface area contributed by atoms with Gasteiger partial charge in [-0.25, -0.2) is 0 Å². The molecule has 1 fully saturated rings. The van der Waals surface area contributed by atoms with Gasteiger partial charge in [-0.15, -0.1) is 0 Å². The van der Waals surface area contributed by atoms with Crippen LogP contribution in [0.5, 0.6) is 0 Å². The molecule has 7 heteroatoms. The summed E-state index contributed by atoms with van der Waals surface area (Å²) in [6.07, 6.45) is 0.0526. The third-order valence-electron chi connectivity index (χ3n) is 3.23. The first kappa shape index (κ1) is 13.0. The second-order valence-electron chi connectivity index (χ2n) is 4.54. The largest absolute Gasteiger partial charge is 0.369 e. The zero-order valence-corrected chi connectivity index (χ0v) is 10.3. The van der Waals surface area contributed by atoms with E-state index in [9.17, 15) is 19.7 Å². The number of hydrogen-bond donors (Lipinski definition) is 1. The fourth-order valence-electron chi connectivity index (χ4n) is 2.11. The number of amides is 2. The van der Waals surface area contributed by atoms with E-state index in [4.69, 9.17) is 5.73 Å². The van der Waals surface area contributed by atoms with Gasteiger partial charge in [-0.05, 0) is 13.0 Å². The minimum absolute atomic E-state index is 0.0483. The number of benzene rings is 1. The summed E-state index contributed by atoms with van der Waals surface area (Å²) < 4.78 is 0. The number of rotatable bonds is 3. The molecular formula is C12H13N3O4. The van der Waals surface area contributed by atoms with Gasteiger partial charge in [0.2, 0.25) is 11.8 Å². The lowest BCUT2D eigenvalue weighted by Gasteiger charge is -2.16. The maximum atomic E-state index is 11.8. The molecule has 1 aromatic rings. The molecule has 1 aromatic carbocycles. The minimum atomic E-state index is -0.534.